The predicted octanol–water partition coefficient (Wildman–Crippen LogP) is 5.55. The molecule has 4 aromatic rings. The van der Waals surface area contributed by atoms with Crippen LogP contribution in [0.4, 0.5) is 22.7 Å². The monoisotopic (exact) mass is 700 g/mol. The molecule has 0 saturated heterocycles. The van der Waals surface area contributed by atoms with Crippen LogP contribution in [0, 0.1) is 0 Å². The number of esters is 1. The molecule has 12 heteroatoms. The van der Waals surface area contributed by atoms with Gasteiger partial charge in [0.25, 0.3) is 11.8 Å². The largest absolute Gasteiger partial charge is 0.493 e. The highest BCUT2D eigenvalue weighted by Gasteiger charge is 2.38. The van der Waals surface area contributed by atoms with Gasteiger partial charge >= 0.3 is 5.97 Å². The predicted molar refractivity (Wildman–Crippen MR) is 195 cm³/mol. The van der Waals surface area contributed by atoms with E-state index in [1.807, 2.05) is 47.4 Å². The Morgan fingerprint density at radius 1 is 0.788 bits per heavy atom. The van der Waals surface area contributed by atoms with Crippen LogP contribution in [0.1, 0.15) is 31.8 Å². The summed E-state index contributed by atoms with van der Waals surface area (Å²) in [6.07, 6.45) is 4.52. The van der Waals surface area contributed by atoms with Crippen LogP contribution in [-0.2, 0) is 22.4 Å². The van der Waals surface area contributed by atoms with Crippen molar-refractivity contribution in [1.82, 2.24) is 0 Å². The first-order valence-electron chi connectivity index (χ1n) is 16.9. The fourth-order valence-corrected chi connectivity index (χ4v) is 7.29. The standard InChI is InChI=1S/C40H36N4O8/c1-48-34-15-28-30(41-19-26-13-24-8-4-6-10-32(24)43(26)39(28)46)17-36(34)51-21-23(12-38(45)50-3)22-52-37-18-31-29(16-35(37)49-2)40(47)44-27(20-42-31)14-25-9-5-7-11-33(25)44/h4-12,15-19,26-27,42H,13-14,20-22H2,1-3H3/b23-12-/t26-,27-/m0/s1. The fourth-order valence-electron chi connectivity index (χ4n) is 7.29. The van der Waals surface area contributed by atoms with Crippen LogP contribution < -0.4 is 34.1 Å². The Kier molecular flexibility index (Phi) is 8.50. The van der Waals surface area contributed by atoms with Crippen molar-refractivity contribution in [3.05, 3.63) is 107 Å². The van der Waals surface area contributed by atoms with Crippen molar-refractivity contribution in [2.24, 2.45) is 4.99 Å². The molecule has 0 radical (unpaired) electrons. The van der Waals surface area contributed by atoms with E-state index in [1.54, 1.807) is 35.4 Å². The first-order valence-corrected chi connectivity index (χ1v) is 16.9. The number of anilines is 3. The highest BCUT2D eigenvalue weighted by Crippen LogP contribution is 2.42. The molecular formula is C40H36N4O8. The van der Waals surface area contributed by atoms with E-state index in [1.165, 1.54) is 27.4 Å². The second-order valence-corrected chi connectivity index (χ2v) is 12.9. The average Bonchev–Trinajstić information content (AvgIpc) is 3.66. The normalized spacial score (nSPS) is 18.1. The van der Waals surface area contributed by atoms with Crippen LogP contribution in [-0.4, -0.2) is 77.2 Å². The summed E-state index contributed by atoms with van der Waals surface area (Å²) in [6.45, 7) is 0.412. The zero-order valence-corrected chi connectivity index (χ0v) is 28.9. The van der Waals surface area contributed by atoms with Gasteiger partial charge in [-0.25, -0.2) is 4.79 Å². The summed E-state index contributed by atoms with van der Waals surface area (Å²) >= 11 is 0. The van der Waals surface area contributed by atoms with Crippen LogP contribution >= 0.6 is 0 Å². The fraction of sp³-hybridized carbons (Fsp3) is 0.250. The number of benzene rings is 4. The Balaban J connectivity index is 1.02. The highest BCUT2D eigenvalue weighted by atomic mass is 16.5. The number of carbonyl (C=O) groups excluding carboxylic acids is 3. The van der Waals surface area contributed by atoms with Gasteiger partial charge in [-0.15, -0.1) is 0 Å². The van der Waals surface area contributed by atoms with E-state index in [-0.39, 0.29) is 37.1 Å². The Hall–Kier alpha value is -6.30. The molecule has 4 aliphatic heterocycles. The number of amides is 2. The number of aliphatic imine (C=N–C) groups is 1. The van der Waals surface area contributed by atoms with Crippen molar-refractivity contribution < 1.29 is 38.1 Å². The summed E-state index contributed by atoms with van der Waals surface area (Å²) in [5.74, 6) is 0.506. The van der Waals surface area contributed by atoms with Crippen molar-refractivity contribution in [2.45, 2.75) is 24.9 Å². The van der Waals surface area contributed by atoms with Gasteiger partial charge in [0, 0.05) is 54.3 Å². The molecule has 0 fully saturated rings. The summed E-state index contributed by atoms with van der Waals surface area (Å²) in [4.78, 5) is 48.4. The lowest BCUT2D eigenvalue weighted by Crippen LogP contribution is -2.39. The van der Waals surface area contributed by atoms with Crippen LogP contribution in [0.3, 0.4) is 0 Å². The molecule has 0 unspecified atom stereocenters. The first kappa shape index (κ1) is 32.9. The van der Waals surface area contributed by atoms with Crippen molar-refractivity contribution >= 4 is 46.7 Å². The number of rotatable bonds is 9. The molecule has 0 bridgehead atoms. The maximum atomic E-state index is 13.9. The van der Waals surface area contributed by atoms with Crippen molar-refractivity contribution in [2.75, 3.05) is 56.2 Å². The van der Waals surface area contributed by atoms with E-state index in [2.05, 4.69) is 16.4 Å². The lowest BCUT2D eigenvalue weighted by atomic mass is 10.1. The number of hydrogen-bond donors (Lipinski definition) is 1. The average molecular weight is 701 g/mol. The molecule has 0 aromatic heterocycles. The van der Waals surface area contributed by atoms with Crippen molar-refractivity contribution in [1.29, 1.82) is 0 Å². The van der Waals surface area contributed by atoms with E-state index in [4.69, 9.17) is 23.7 Å². The second kappa shape index (κ2) is 13.4. The van der Waals surface area contributed by atoms with E-state index >= 15 is 0 Å². The van der Waals surface area contributed by atoms with E-state index < -0.39 is 5.97 Å². The smallest absolute Gasteiger partial charge is 0.330 e. The summed E-state index contributed by atoms with van der Waals surface area (Å²) in [5, 5.41) is 3.43. The molecule has 4 aliphatic rings. The lowest BCUT2D eigenvalue weighted by Gasteiger charge is -2.23. The Morgan fingerprint density at radius 2 is 1.40 bits per heavy atom. The first-order chi connectivity index (χ1) is 25.4. The van der Waals surface area contributed by atoms with Gasteiger partial charge in [0.1, 0.15) is 13.2 Å². The Labute approximate surface area is 300 Å². The Bertz CT molecular complexity index is 2180. The van der Waals surface area contributed by atoms with Gasteiger partial charge in [0.15, 0.2) is 23.0 Å². The molecule has 8 rings (SSSR count). The topological polar surface area (TPSA) is 128 Å². The number of ether oxygens (including phenoxy) is 5. The number of methoxy groups -OCH3 is 3. The summed E-state index contributed by atoms with van der Waals surface area (Å²) in [6, 6.07) is 22.3. The van der Waals surface area contributed by atoms with Crippen molar-refractivity contribution in [3.8, 4) is 23.0 Å². The molecule has 12 nitrogen and oxygen atoms in total. The minimum Gasteiger partial charge on any atom is -0.493 e. The summed E-state index contributed by atoms with van der Waals surface area (Å²) in [7, 11) is 4.29. The van der Waals surface area contributed by atoms with Gasteiger partial charge in [-0.05, 0) is 41.8 Å². The molecule has 0 saturated carbocycles. The molecule has 0 spiro atoms. The zero-order valence-electron chi connectivity index (χ0n) is 28.9. The minimum atomic E-state index is -0.589. The number of nitrogens with zero attached hydrogens (tertiary/aromatic N) is 3. The van der Waals surface area contributed by atoms with Gasteiger partial charge in [0.2, 0.25) is 0 Å². The van der Waals surface area contributed by atoms with Crippen LogP contribution in [0.25, 0.3) is 0 Å². The molecule has 2 amide bonds. The lowest BCUT2D eigenvalue weighted by molar-refractivity contribution is -0.134. The van der Waals surface area contributed by atoms with Gasteiger partial charge < -0.3 is 33.9 Å². The molecule has 52 heavy (non-hydrogen) atoms. The van der Waals surface area contributed by atoms with Crippen molar-refractivity contribution in [3.63, 3.8) is 0 Å². The zero-order chi connectivity index (χ0) is 35.9. The molecule has 2 atom stereocenters. The van der Waals surface area contributed by atoms with Gasteiger partial charge in [-0.1, -0.05) is 36.4 Å². The third-order valence-corrected chi connectivity index (χ3v) is 9.83. The Morgan fingerprint density at radius 3 is 2.10 bits per heavy atom. The van der Waals surface area contributed by atoms with Gasteiger partial charge in [0.05, 0.1) is 55.9 Å². The van der Waals surface area contributed by atoms with Crippen LogP contribution in [0.15, 0.2) is 89.4 Å². The molecule has 0 aliphatic carbocycles. The highest BCUT2D eigenvalue weighted by molar-refractivity contribution is 6.15. The molecule has 1 N–H and O–H groups in total. The van der Waals surface area contributed by atoms with Crippen LogP contribution in [0.5, 0.6) is 23.0 Å². The molecule has 4 aromatic carbocycles. The molecule has 4 heterocycles. The molecule has 264 valence electrons. The summed E-state index contributed by atoms with van der Waals surface area (Å²) < 4.78 is 28.6. The molecular weight excluding hydrogens is 664 g/mol. The third-order valence-electron chi connectivity index (χ3n) is 9.83. The van der Waals surface area contributed by atoms with E-state index in [0.717, 1.165) is 28.9 Å². The quantitative estimate of drug-likeness (QED) is 0.177. The van der Waals surface area contributed by atoms with Crippen LogP contribution in [0.2, 0.25) is 0 Å². The van der Waals surface area contributed by atoms with E-state index in [9.17, 15) is 14.4 Å². The van der Waals surface area contributed by atoms with E-state index in [0.29, 0.717) is 64.0 Å². The number of fused-ring (bicyclic) bond motifs is 8. The third kappa shape index (κ3) is 5.75. The van der Waals surface area contributed by atoms with Gasteiger partial charge in [-0.3, -0.25) is 19.5 Å². The maximum absolute atomic E-state index is 13.9. The maximum Gasteiger partial charge on any atom is 0.330 e. The minimum absolute atomic E-state index is 0.0259. The number of nitrogens with one attached hydrogen (secondary N) is 1. The summed E-state index contributed by atoms with van der Waals surface area (Å²) in [5.41, 5.74) is 6.39. The van der Waals surface area contributed by atoms with Gasteiger partial charge in [-0.2, -0.15) is 0 Å². The SMILES string of the molecule is COC(=O)/C=C(/COc1cc2c(cc1OC)C(=O)N1c3ccccc3C[C@H]1C=N2)COc1cc2c(cc1OC)C(=O)N1c3ccccc3C[C@H]1CN2. The number of para-hydroxylation sites is 2. The number of carbonyl (C=O) groups is 3. The second-order valence-electron chi connectivity index (χ2n) is 12.9. The number of hydrogen-bond acceptors (Lipinski definition) is 10.